The molecule has 1 aliphatic rings. The van der Waals surface area contributed by atoms with Gasteiger partial charge >= 0.3 is 0 Å². The third-order valence-electron chi connectivity index (χ3n) is 4.63. The first-order valence-corrected chi connectivity index (χ1v) is 8.95. The molecule has 0 radical (unpaired) electrons. The highest BCUT2D eigenvalue weighted by Crippen LogP contribution is 2.27. The standard InChI is InChI=1S/C19H27N3O3/c1-4-24-13-17-10-15(7-8-18(17)23-3)11-22-9-5-6-16(12-22)19-20-14(2)25-21-19/h7-8,10,16H,4-6,9,11-13H2,1-3H3/t16-/m0/s1. The van der Waals surface area contributed by atoms with Gasteiger partial charge in [-0.15, -0.1) is 0 Å². The Labute approximate surface area is 149 Å². The van der Waals surface area contributed by atoms with Crippen molar-refractivity contribution in [3.05, 3.63) is 41.0 Å². The van der Waals surface area contributed by atoms with E-state index in [0.29, 0.717) is 25.0 Å². The summed E-state index contributed by atoms with van der Waals surface area (Å²) in [4.78, 5) is 6.87. The summed E-state index contributed by atoms with van der Waals surface area (Å²) in [7, 11) is 1.70. The fourth-order valence-corrected chi connectivity index (χ4v) is 3.40. The van der Waals surface area contributed by atoms with Crippen molar-refractivity contribution in [1.29, 1.82) is 0 Å². The van der Waals surface area contributed by atoms with Crippen LogP contribution in [0.2, 0.25) is 0 Å². The molecule has 1 saturated heterocycles. The number of likely N-dealkylation sites (tertiary alicyclic amines) is 1. The number of methoxy groups -OCH3 is 1. The molecule has 1 aliphatic heterocycles. The van der Waals surface area contributed by atoms with Crippen LogP contribution in [0.3, 0.4) is 0 Å². The van der Waals surface area contributed by atoms with Crippen molar-refractivity contribution in [2.45, 2.75) is 45.8 Å². The smallest absolute Gasteiger partial charge is 0.223 e. The molecule has 2 aromatic rings. The van der Waals surface area contributed by atoms with Gasteiger partial charge in [0.15, 0.2) is 5.82 Å². The Kier molecular flexibility index (Phi) is 6.04. The minimum absolute atomic E-state index is 0.354. The molecule has 0 amide bonds. The molecule has 1 atom stereocenters. The first-order chi connectivity index (χ1) is 12.2. The van der Waals surface area contributed by atoms with Crippen molar-refractivity contribution in [2.75, 3.05) is 26.8 Å². The third-order valence-corrected chi connectivity index (χ3v) is 4.63. The lowest BCUT2D eigenvalue weighted by atomic mass is 9.96. The van der Waals surface area contributed by atoms with Crippen molar-refractivity contribution in [2.24, 2.45) is 0 Å². The van der Waals surface area contributed by atoms with Crippen LogP contribution in [0.15, 0.2) is 22.7 Å². The van der Waals surface area contributed by atoms with Crippen LogP contribution >= 0.6 is 0 Å². The van der Waals surface area contributed by atoms with E-state index in [1.165, 1.54) is 5.56 Å². The molecule has 6 heteroatoms. The summed E-state index contributed by atoms with van der Waals surface area (Å²) in [6, 6.07) is 6.36. The van der Waals surface area contributed by atoms with E-state index in [9.17, 15) is 0 Å². The van der Waals surface area contributed by atoms with E-state index in [2.05, 4.69) is 27.2 Å². The van der Waals surface area contributed by atoms with Gasteiger partial charge in [-0.25, -0.2) is 0 Å². The second kappa shape index (κ2) is 8.45. The summed E-state index contributed by atoms with van der Waals surface area (Å²) in [5, 5.41) is 4.11. The molecule has 0 bridgehead atoms. The molecule has 25 heavy (non-hydrogen) atoms. The maximum atomic E-state index is 5.56. The van der Waals surface area contributed by atoms with Crippen LogP contribution < -0.4 is 4.74 Å². The van der Waals surface area contributed by atoms with E-state index in [1.54, 1.807) is 7.11 Å². The Balaban J connectivity index is 1.66. The van der Waals surface area contributed by atoms with E-state index < -0.39 is 0 Å². The Morgan fingerprint density at radius 1 is 1.36 bits per heavy atom. The Morgan fingerprint density at radius 3 is 2.96 bits per heavy atom. The van der Waals surface area contributed by atoms with Gasteiger partial charge in [-0.1, -0.05) is 11.2 Å². The molecule has 1 fully saturated rings. The summed E-state index contributed by atoms with van der Waals surface area (Å²) < 4.78 is 16.2. The van der Waals surface area contributed by atoms with Crippen molar-refractivity contribution in [3.8, 4) is 5.75 Å². The van der Waals surface area contributed by atoms with E-state index in [1.807, 2.05) is 19.9 Å². The zero-order chi connectivity index (χ0) is 17.6. The average molecular weight is 345 g/mol. The van der Waals surface area contributed by atoms with E-state index >= 15 is 0 Å². The lowest BCUT2D eigenvalue weighted by molar-refractivity contribution is 0.131. The van der Waals surface area contributed by atoms with Gasteiger partial charge in [0.05, 0.1) is 13.7 Å². The van der Waals surface area contributed by atoms with Crippen LogP contribution in [-0.2, 0) is 17.9 Å². The van der Waals surface area contributed by atoms with Gasteiger partial charge in [0.1, 0.15) is 5.75 Å². The van der Waals surface area contributed by atoms with Gasteiger partial charge in [-0.05, 0) is 44.0 Å². The van der Waals surface area contributed by atoms with Crippen molar-refractivity contribution >= 4 is 0 Å². The van der Waals surface area contributed by atoms with E-state index in [0.717, 1.165) is 49.6 Å². The van der Waals surface area contributed by atoms with Gasteiger partial charge < -0.3 is 14.0 Å². The molecule has 2 heterocycles. The predicted octanol–water partition coefficient (Wildman–Crippen LogP) is 3.30. The minimum Gasteiger partial charge on any atom is -0.496 e. The molecule has 0 spiro atoms. The number of hydrogen-bond acceptors (Lipinski definition) is 6. The fourth-order valence-electron chi connectivity index (χ4n) is 3.40. The monoisotopic (exact) mass is 345 g/mol. The topological polar surface area (TPSA) is 60.6 Å². The highest BCUT2D eigenvalue weighted by atomic mass is 16.5. The van der Waals surface area contributed by atoms with Crippen molar-refractivity contribution in [3.63, 3.8) is 0 Å². The molecule has 0 N–H and O–H groups in total. The molecule has 3 rings (SSSR count). The number of aryl methyl sites for hydroxylation is 1. The molecule has 0 saturated carbocycles. The summed E-state index contributed by atoms with van der Waals surface area (Å²) in [6.45, 7) is 8.10. The van der Waals surface area contributed by atoms with Crippen LogP contribution in [0, 0.1) is 6.92 Å². The van der Waals surface area contributed by atoms with Gasteiger partial charge in [-0.2, -0.15) is 4.98 Å². The molecule has 6 nitrogen and oxygen atoms in total. The zero-order valence-corrected chi connectivity index (χ0v) is 15.3. The number of benzene rings is 1. The third kappa shape index (κ3) is 4.58. The van der Waals surface area contributed by atoms with E-state index in [4.69, 9.17) is 14.0 Å². The molecular formula is C19H27N3O3. The van der Waals surface area contributed by atoms with Crippen LogP contribution in [0.5, 0.6) is 5.75 Å². The van der Waals surface area contributed by atoms with Crippen molar-refractivity contribution in [1.82, 2.24) is 15.0 Å². The van der Waals surface area contributed by atoms with E-state index in [-0.39, 0.29) is 0 Å². The minimum atomic E-state index is 0.354. The average Bonchev–Trinajstić information content (AvgIpc) is 3.07. The predicted molar refractivity (Wildman–Crippen MR) is 94.6 cm³/mol. The number of ether oxygens (including phenoxy) is 2. The molecule has 1 aromatic heterocycles. The summed E-state index contributed by atoms with van der Waals surface area (Å²) >= 11 is 0. The first-order valence-electron chi connectivity index (χ1n) is 8.95. The van der Waals surface area contributed by atoms with Gasteiger partial charge in [0.2, 0.25) is 5.89 Å². The normalized spacial score (nSPS) is 18.4. The van der Waals surface area contributed by atoms with Crippen molar-refractivity contribution < 1.29 is 14.0 Å². The number of piperidine rings is 1. The highest BCUT2D eigenvalue weighted by Gasteiger charge is 2.25. The summed E-state index contributed by atoms with van der Waals surface area (Å²) in [5.74, 6) is 2.72. The SMILES string of the molecule is CCOCc1cc(CN2CCC[C@H](c3noc(C)n3)C2)ccc1OC. The number of hydrogen-bond donors (Lipinski definition) is 0. The molecule has 0 aliphatic carbocycles. The van der Waals surface area contributed by atoms with Crippen LogP contribution in [0.4, 0.5) is 0 Å². The first kappa shape index (κ1) is 17.9. The zero-order valence-electron chi connectivity index (χ0n) is 15.3. The maximum absolute atomic E-state index is 5.56. The van der Waals surface area contributed by atoms with Crippen LogP contribution in [0.25, 0.3) is 0 Å². The lowest BCUT2D eigenvalue weighted by Gasteiger charge is -2.31. The van der Waals surface area contributed by atoms with Gasteiger partial charge in [-0.3, -0.25) is 4.90 Å². The largest absolute Gasteiger partial charge is 0.496 e. The maximum Gasteiger partial charge on any atom is 0.223 e. The number of aromatic nitrogens is 2. The Hall–Kier alpha value is -1.92. The molecule has 1 aromatic carbocycles. The quantitative estimate of drug-likeness (QED) is 0.767. The molecular weight excluding hydrogens is 318 g/mol. The molecule has 0 unspecified atom stereocenters. The Morgan fingerprint density at radius 2 is 2.24 bits per heavy atom. The fraction of sp³-hybridized carbons (Fsp3) is 0.579. The second-order valence-corrected chi connectivity index (χ2v) is 6.53. The lowest BCUT2D eigenvalue weighted by Crippen LogP contribution is -2.34. The van der Waals surface area contributed by atoms with Crippen LogP contribution in [-0.4, -0.2) is 41.8 Å². The summed E-state index contributed by atoms with van der Waals surface area (Å²) in [5.41, 5.74) is 2.38. The van der Waals surface area contributed by atoms with Gasteiger partial charge in [0, 0.05) is 38.1 Å². The number of rotatable bonds is 7. The Bertz CT molecular complexity index is 686. The van der Waals surface area contributed by atoms with Crippen LogP contribution in [0.1, 0.15) is 48.5 Å². The highest BCUT2D eigenvalue weighted by molar-refractivity contribution is 5.37. The summed E-state index contributed by atoms with van der Waals surface area (Å²) in [6.07, 6.45) is 2.27. The number of nitrogens with zero attached hydrogens (tertiary/aromatic N) is 3. The second-order valence-electron chi connectivity index (χ2n) is 6.53. The van der Waals surface area contributed by atoms with Gasteiger partial charge in [0.25, 0.3) is 0 Å². The molecule has 136 valence electrons.